The average Bonchev–Trinajstić information content (AvgIpc) is 3.21. The van der Waals surface area contributed by atoms with Crippen molar-refractivity contribution >= 4 is 11.6 Å². The lowest BCUT2D eigenvalue weighted by atomic mass is 10.1. The lowest BCUT2D eigenvalue weighted by Gasteiger charge is -2.18. The molecular formula is C19H20N2O4. The molecule has 1 aliphatic heterocycles. The summed E-state index contributed by atoms with van der Waals surface area (Å²) >= 11 is 0. The number of allylic oxidation sites excluding steroid dienone is 2. The molecule has 0 saturated heterocycles. The zero-order valence-corrected chi connectivity index (χ0v) is 14.4. The van der Waals surface area contributed by atoms with Crippen LogP contribution in [-0.4, -0.2) is 27.4 Å². The van der Waals surface area contributed by atoms with E-state index in [1.54, 1.807) is 17.8 Å². The van der Waals surface area contributed by atoms with Crippen LogP contribution in [0.25, 0.3) is 0 Å². The van der Waals surface area contributed by atoms with Crippen molar-refractivity contribution in [2.45, 2.75) is 39.5 Å². The Hall–Kier alpha value is -2.89. The number of hydrogen-bond donors (Lipinski definition) is 0. The Labute approximate surface area is 146 Å². The lowest BCUT2D eigenvalue weighted by molar-refractivity contribution is -0.117. The Kier molecular flexibility index (Phi) is 4.70. The molecule has 0 amide bonds. The van der Waals surface area contributed by atoms with Gasteiger partial charge in [0, 0.05) is 0 Å². The fourth-order valence-electron chi connectivity index (χ4n) is 2.78. The van der Waals surface area contributed by atoms with E-state index in [0.717, 1.165) is 5.56 Å². The fourth-order valence-corrected chi connectivity index (χ4v) is 2.78. The van der Waals surface area contributed by atoms with Gasteiger partial charge in [-0.2, -0.15) is 0 Å². The Bertz CT molecular complexity index is 823. The van der Waals surface area contributed by atoms with Crippen molar-refractivity contribution in [3.8, 4) is 0 Å². The number of imidazole rings is 1. The van der Waals surface area contributed by atoms with Crippen LogP contribution >= 0.6 is 0 Å². The standard InChI is InChI=1S/C19H20N2O4/c1-12(22)9-17-14(3)24-19(25-17)18(23)16-10-20-11-21(16)13(2)15-7-5-4-6-8-15/h4-8,10-11,13,19H,9H2,1-3H3/t13-,19?/m1/s1. The molecule has 0 bridgehead atoms. The Morgan fingerprint density at radius 1 is 1.24 bits per heavy atom. The highest BCUT2D eigenvalue weighted by molar-refractivity contribution is 5.97. The molecule has 2 heterocycles. The van der Waals surface area contributed by atoms with Gasteiger partial charge in [-0.3, -0.25) is 9.59 Å². The lowest BCUT2D eigenvalue weighted by Crippen LogP contribution is -2.26. The van der Waals surface area contributed by atoms with Crippen molar-refractivity contribution in [1.29, 1.82) is 0 Å². The molecule has 1 aliphatic rings. The van der Waals surface area contributed by atoms with Gasteiger partial charge in [0.2, 0.25) is 0 Å². The topological polar surface area (TPSA) is 70.4 Å². The maximum atomic E-state index is 12.8. The summed E-state index contributed by atoms with van der Waals surface area (Å²) in [6.07, 6.45) is 2.17. The minimum atomic E-state index is -1.08. The van der Waals surface area contributed by atoms with E-state index in [1.165, 1.54) is 13.1 Å². The van der Waals surface area contributed by atoms with Crippen LogP contribution < -0.4 is 0 Å². The predicted molar refractivity (Wildman–Crippen MR) is 90.8 cm³/mol. The number of carbonyl (C=O) groups is 2. The van der Waals surface area contributed by atoms with E-state index in [9.17, 15) is 9.59 Å². The molecule has 25 heavy (non-hydrogen) atoms. The number of benzene rings is 1. The number of Topliss-reactive ketones (excluding diaryl/α,β-unsaturated/α-hetero) is 2. The molecule has 0 spiro atoms. The second-order valence-electron chi connectivity index (χ2n) is 6.06. The summed E-state index contributed by atoms with van der Waals surface area (Å²) in [4.78, 5) is 28.2. The van der Waals surface area contributed by atoms with Gasteiger partial charge in [0.15, 0.2) is 0 Å². The number of hydrogen-bond acceptors (Lipinski definition) is 5. The number of rotatable bonds is 6. The van der Waals surface area contributed by atoms with Crippen molar-refractivity contribution in [3.63, 3.8) is 0 Å². The smallest absolute Gasteiger partial charge is 0.306 e. The molecular weight excluding hydrogens is 320 g/mol. The van der Waals surface area contributed by atoms with E-state index in [1.807, 2.05) is 37.3 Å². The molecule has 1 unspecified atom stereocenters. The van der Waals surface area contributed by atoms with Gasteiger partial charge in [0.25, 0.3) is 5.78 Å². The number of nitrogens with zero attached hydrogens (tertiary/aromatic N) is 2. The van der Waals surface area contributed by atoms with E-state index in [4.69, 9.17) is 9.47 Å². The van der Waals surface area contributed by atoms with E-state index in [-0.39, 0.29) is 24.0 Å². The molecule has 0 saturated carbocycles. The van der Waals surface area contributed by atoms with Crippen molar-refractivity contribution in [2.75, 3.05) is 0 Å². The van der Waals surface area contributed by atoms with Crippen LogP contribution in [0.2, 0.25) is 0 Å². The first-order chi connectivity index (χ1) is 12.0. The maximum absolute atomic E-state index is 12.8. The summed E-state index contributed by atoms with van der Waals surface area (Å²) in [5, 5.41) is 0. The average molecular weight is 340 g/mol. The van der Waals surface area contributed by atoms with E-state index in [2.05, 4.69) is 4.98 Å². The minimum absolute atomic E-state index is 0.0474. The van der Waals surface area contributed by atoms with Crippen molar-refractivity contribution in [1.82, 2.24) is 9.55 Å². The second-order valence-corrected chi connectivity index (χ2v) is 6.06. The van der Waals surface area contributed by atoms with Crippen LogP contribution in [0.1, 0.15) is 49.3 Å². The molecule has 130 valence electrons. The highest BCUT2D eigenvalue weighted by Gasteiger charge is 2.34. The van der Waals surface area contributed by atoms with Crippen LogP contribution in [0.4, 0.5) is 0 Å². The molecule has 6 heteroatoms. The highest BCUT2D eigenvalue weighted by atomic mass is 16.7. The predicted octanol–water partition coefficient (Wildman–Crippen LogP) is 3.26. The quantitative estimate of drug-likeness (QED) is 0.755. The van der Waals surface area contributed by atoms with Gasteiger partial charge in [-0.1, -0.05) is 30.3 Å². The van der Waals surface area contributed by atoms with E-state index in [0.29, 0.717) is 17.2 Å². The Morgan fingerprint density at radius 3 is 2.64 bits per heavy atom. The first kappa shape index (κ1) is 17.0. The summed E-state index contributed by atoms with van der Waals surface area (Å²) in [6.45, 7) is 5.15. The molecule has 0 fully saturated rings. The SMILES string of the molecule is CC(=O)CC1=C(C)OC(C(=O)c2cncn2[C@H](C)c2ccccc2)O1. The van der Waals surface area contributed by atoms with Crippen LogP contribution in [0.5, 0.6) is 0 Å². The maximum Gasteiger partial charge on any atom is 0.306 e. The molecule has 1 aromatic carbocycles. The monoisotopic (exact) mass is 340 g/mol. The van der Waals surface area contributed by atoms with E-state index < -0.39 is 6.29 Å². The van der Waals surface area contributed by atoms with Gasteiger partial charge < -0.3 is 14.0 Å². The summed E-state index contributed by atoms with van der Waals surface area (Å²) in [7, 11) is 0. The first-order valence-electron chi connectivity index (χ1n) is 8.11. The molecule has 6 nitrogen and oxygen atoms in total. The summed E-state index contributed by atoms with van der Waals surface area (Å²) in [5.41, 5.74) is 1.47. The van der Waals surface area contributed by atoms with E-state index >= 15 is 0 Å². The fraction of sp³-hybridized carbons (Fsp3) is 0.316. The summed E-state index contributed by atoms with van der Waals surface area (Å²) in [6, 6.07) is 9.79. The summed E-state index contributed by atoms with van der Waals surface area (Å²) in [5.74, 6) is 0.510. The highest BCUT2D eigenvalue weighted by Crippen LogP contribution is 2.28. The van der Waals surface area contributed by atoms with Gasteiger partial charge in [0.1, 0.15) is 23.0 Å². The van der Waals surface area contributed by atoms with Gasteiger partial charge in [-0.25, -0.2) is 4.98 Å². The third kappa shape index (κ3) is 3.47. The number of ether oxygens (including phenoxy) is 2. The molecule has 2 atom stereocenters. The normalized spacial score (nSPS) is 17.8. The molecule has 0 radical (unpaired) electrons. The van der Waals surface area contributed by atoms with Crippen LogP contribution in [-0.2, 0) is 14.3 Å². The van der Waals surface area contributed by atoms with Crippen LogP contribution in [0.15, 0.2) is 54.4 Å². The van der Waals surface area contributed by atoms with Crippen molar-refractivity contribution in [3.05, 3.63) is 65.6 Å². The number of carbonyl (C=O) groups excluding carboxylic acids is 2. The van der Waals surface area contributed by atoms with Crippen LogP contribution in [0.3, 0.4) is 0 Å². The number of aromatic nitrogens is 2. The molecule has 0 aliphatic carbocycles. The van der Waals surface area contributed by atoms with Crippen molar-refractivity contribution < 1.29 is 19.1 Å². The largest absolute Gasteiger partial charge is 0.449 e. The Balaban J connectivity index is 1.79. The number of ketones is 2. The van der Waals surface area contributed by atoms with Gasteiger partial charge in [-0.15, -0.1) is 0 Å². The van der Waals surface area contributed by atoms with Gasteiger partial charge >= 0.3 is 6.29 Å². The third-order valence-electron chi connectivity index (χ3n) is 4.17. The Morgan fingerprint density at radius 2 is 1.96 bits per heavy atom. The molecule has 2 aromatic rings. The van der Waals surface area contributed by atoms with Gasteiger partial charge in [-0.05, 0) is 26.3 Å². The zero-order chi connectivity index (χ0) is 18.0. The zero-order valence-electron chi connectivity index (χ0n) is 14.4. The summed E-state index contributed by atoms with van der Waals surface area (Å²) < 4.78 is 12.9. The molecule has 0 N–H and O–H groups in total. The second kappa shape index (κ2) is 6.93. The van der Waals surface area contributed by atoms with Crippen molar-refractivity contribution in [2.24, 2.45) is 0 Å². The van der Waals surface area contributed by atoms with Crippen LogP contribution in [0, 0.1) is 0 Å². The minimum Gasteiger partial charge on any atom is -0.449 e. The van der Waals surface area contributed by atoms with Gasteiger partial charge in [0.05, 0.1) is 25.0 Å². The molecule has 1 aromatic heterocycles. The third-order valence-corrected chi connectivity index (χ3v) is 4.17. The molecule has 3 rings (SSSR count). The first-order valence-corrected chi connectivity index (χ1v) is 8.11.